The highest BCUT2D eigenvalue weighted by Crippen LogP contribution is 2.19. The Labute approximate surface area is 127 Å². The number of carbonyl (C=O) groups is 2. The van der Waals surface area contributed by atoms with Crippen LogP contribution in [0.5, 0.6) is 0 Å². The van der Waals surface area contributed by atoms with Crippen molar-refractivity contribution < 1.29 is 9.59 Å². The van der Waals surface area contributed by atoms with Gasteiger partial charge < -0.3 is 4.57 Å². The molecule has 116 valence electrons. The first kappa shape index (κ1) is 16.0. The van der Waals surface area contributed by atoms with Crippen LogP contribution in [0.4, 0.5) is 0 Å². The molecule has 1 aliphatic rings. The number of carbonyl (C=O) groups excluding carboxylic acids is 2. The number of aromatic nitrogens is 1. The number of nitrogens with zero attached hydrogens (tertiary/aromatic N) is 2. The van der Waals surface area contributed by atoms with Gasteiger partial charge in [0.25, 0.3) is 0 Å². The maximum atomic E-state index is 12.6. The first-order chi connectivity index (χ1) is 9.97. The zero-order valence-electron chi connectivity index (χ0n) is 13.6. The van der Waals surface area contributed by atoms with Gasteiger partial charge in [0, 0.05) is 48.9 Å². The maximum Gasteiger partial charge on any atom is 0.178 e. The molecular formula is C17H26N2O2. The molecular weight excluding hydrogens is 264 g/mol. The molecule has 2 heterocycles. The molecule has 0 spiro atoms. The fraction of sp³-hybridized carbons (Fsp3) is 0.647. The molecule has 1 aromatic rings. The summed E-state index contributed by atoms with van der Waals surface area (Å²) >= 11 is 0. The minimum Gasteiger partial charge on any atom is -0.349 e. The molecule has 0 bridgehead atoms. The van der Waals surface area contributed by atoms with Crippen molar-refractivity contribution in [2.45, 2.75) is 47.1 Å². The Kier molecular flexibility index (Phi) is 4.99. The molecule has 1 saturated heterocycles. The normalized spacial score (nSPS) is 20.0. The van der Waals surface area contributed by atoms with Crippen LogP contribution in [0.3, 0.4) is 0 Å². The number of piperidine rings is 1. The van der Waals surface area contributed by atoms with Crippen molar-refractivity contribution in [3.63, 3.8) is 0 Å². The Hall–Kier alpha value is -1.42. The lowest BCUT2D eigenvalue weighted by Gasteiger charge is -2.30. The summed E-state index contributed by atoms with van der Waals surface area (Å²) in [5, 5.41) is 0. The number of Topliss-reactive ketones (excluding diaryl/α,β-unsaturated/α-hetero) is 2. The van der Waals surface area contributed by atoms with E-state index in [1.807, 2.05) is 26.8 Å². The smallest absolute Gasteiger partial charge is 0.178 e. The average molecular weight is 290 g/mol. The van der Waals surface area contributed by atoms with Crippen molar-refractivity contribution in [2.75, 3.05) is 19.6 Å². The van der Waals surface area contributed by atoms with Crippen LogP contribution < -0.4 is 0 Å². The van der Waals surface area contributed by atoms with Gasteiger partial charge in [-0.2, -0.15) is 0 Å². The fourth-order valence-corrected chi connectivity index (χ4v) is 3.34. The van der Waals surface area contributed by atoms with Crippen molar-refractivity contribution in [1.82, 2.24) is 9.47 Å². The number of aryl methyl sites for hydroxylation is 1. The van der Waals surface area contributed by atoms with E-state index < -0.39 is 0 Å². The van der Waals surface area contributed by atoms with Gasteiger partial charge >= 0.3 is 0 Å². The molecule has 1 atom stereocenters. The van der Waals surface area contributed by atoms with Gasteiger partial charge in [-0.1, -0.05) is 6.92 Å². The van der Waals surface area contributed by atoms with E-state index in [0.717, 1.165) is 36.5 Å². The molecule has 0 radical (unpaired) electrons. The molecule has 4 nitrogen and oxygen atoms in total. The Balaban J connectivity index is 2.07. The van der Waals surface area contributed by atoms with Gasteiger partial charge in [-0.3, -0.25) is 14.5 Å². The quantitative estimate of drug-likeness (QED) is 0.783. The minimum absolute atomic E-state index is 0.106. The Morgan fingerprint density at radius 1 is 1.33 bits per heavy atom. The third kappa shape index (κ3) is 3.26. The predicted octanol–water partition coefficient (Wildman–Crippen LogP) is 2.61. The van der Waals surface area contributed by atoms with Crippen LogP contribution in [0.15, 0.2) is 6.07 Å². The zero-order valence-corrected chi connectivity index (χ0v) is 13.6. The molecule has 4 heteroatoms. The van der Waals surface area contributed by atoms with Gasteiger partial charge in [0.2, 0.25) is 0 Å². The van der Waals surface area contributed by atoms with E-state index in [1.54, 1.807) is 0 Å². The van der Waals surface area contributed by atoms with Crippen LogP contribution in [-0.2, 0) is 11.3 Å². The standard InChI is InChI=1S/C17H26N2O2/c1-5-14-10-18(8-7-16(14)20)11-17(21)15-9-12(3)19(6-2)13(15)4/h9,14H,5-8,10-11H2,1-4H3. The van der Waals surface area contributed by atoms with Crippen LogP contribution in [0, 0.1) is 19.8 Å². The molecule has 0 saturated carbocycles. The van der Waals surface area contributed by atoms with Crippen LogP contribution in [0.2, 0.25) is 0 Å². The SMILES string of the molecule is CCC1CN(CC(=O)c2cc(C)n(CC)c2C)CCC1=O. The van der Waals surface area contributed by atoms with Gasteiger partial charge in [-0.15, -0.1) is 0 Å². The van der Waals surface area contributed by atoms with Crippen molar-refractivity contribution in [3.05, 3.63) is 23.0 Å². The summed E-state index contributed by atoms with van der Waals surface area (Å²) in [7, 11) is 0. The molecule has 21 heavy (non-hydrogen) atoms. The molecule has 0 amide bonds. The lowest BCUT2D eigenvalue weighted by atomic mass is 9.94. The van der Waals surface area contributed by atoms with Crippen molar-refractivity contribution >= 4 is 11.6 Å². The Bertz CT molecular complexity index is 545. The van der Waals surface area contributed by atoms with Gasteiger partial charge in [0.1, 0.15) is 5.78 Å². The summed E-state index contributed by atoms with van der Waals surface area (Å²) in [6.45, 7) is 11.0. The molecule has 1 fully saturated rings. The minimum atomic E-state index is 0.106. The third-order valence-corrected chi connectivity index (χ3v) is 4.66. The monoisotopic (exact) mass is 290 g/mol. The lowest BCUT2D eigenvalue weighted by Crippen LogP contribution is -2.43. The topological polar surface area (TPSA) is 42.3 Å². The predicted molar refractivity (Wildman–Crippen MR) is 83.8 cm³/mol. The third-order valence-electron chi connectivity index (χ3n) is 4.66. The van der Waals surface area contributed by atoms with Gasteiger partial charge in [0.05, 0.1) is 6.54 Å². The van der Waals surface area contributed by atoms with E-state index in [4.69, 9.17) is 0 Å². The van der Waals surface area contributed by atoms with E-state index in [9.17, 15) is 9.59 Å². The lowest BCUT2D eigenvalue weighted by molar-refractivity contribution is -0.126. The molecule has 1 aliphatic heterocycles. The van der Waals surface area contributed by atoms with Gasteiger partial charge in [-0.25, -0.2) is 0 Å². The molecule has 1 aromatic heterocycles. The first-order valence-electron chi connectivity index (χ1n) is 7.92. The van der Waals surface area contributed by atoms with E-state index in [-0.39, 0.29) is 11.7 Å². The highest BCUT2D eigenvalue weighted by atomic mass is 16.1. The zero-order chi connectivity index (χ0) is 15.6. The first-order valence-corrected chi connectivity index (χ1v) is 7.92. The summed E-state index contributed by atoms with van der Waals surface area (Å²) in [6.07, 6.45) is 1.45. The van der Waals surface area contributed by atoms with E-state index >= 15 is 0 Å². The number of rotatable bonds is 5. The second-order valence-electron chi connectivity index (χ2n) is 6.01. The van der Waals surface area contributed by atoms with Crippen molar-refractivity contribution in [2.24, 2.45) is 5.92 Å². The fourth-order valence-electron chi connectivity index (χ4n) is 3.34. The van der Waals surface area contributed by atoms with Crippen molar-refractivity contribution in [1.29, 1.82) is 0 Å². The average Bonchev–Trinajstić information content (AvgIpc) is 2.75. The van der Waals surface area contributed by atoms with Gasteiger partial charge in [-0.05, 0) is 33.3 Å². The molecule has 1 unspecified atom stereocenters. The number of ketones is 2. The Morgan fingerprint density at radius 2 is 2.05 bits per heavy atom. The second kappa shape index (κ2) is 6.56. The highest BCUT2D eigenvalue weighted by molar-refractivity contribution is 5.99. The number of hydrogen-bond donors (Lipinski definition) is 0. The molecule has 2 rings (SSSR count). The van der Waals surface area contributed by atoms with Gasteiger partial charge in [0.15, 0.2) is 5.78 Å². The van der Waals surface area contributed by atoms with Crippen LogP contribution >= 0.6 is 0 Å². The molecule has 0 aliphatic carbocycles. The molecule has 0 N–H and O–H groups in total. The van der Waals surface area contributed by atoms with Crippen molar-refractivity contribution in [3.8, 4) is 0 Å². The summed E-state index contributed by atoms with van der Waals surface area (Å²) in [5.41, 5.74) is 3.03. The summed E-state index contributed by atoms with van der Waals surface area (Å²) in [4.78, 5) is 26.4. The second-order valence-corrected chi connectivity index (χ2v) is 6.01. The number of hydrogen-bond acceptors (Lipinski definition) is 3. The van der Waals surface area contributed by atoms with Crippen LogP contribution in [0.1, 0.15) is 48.4 Å². The Morgan fingerprint density at radius 3 is 2.62 bits per heavy atom. The molecule has 0 aromatic carbocycles. The highest BCUT2D eigenvalue weighted by Gasteiger charge is 2.27. The summed E-state index contributed by atoms with van der Waals surface area (Å²) in [6, 6.07) is 1.99. The summed E-state index contributed by atoms with van der Waals surface area (Å²) in [5.74, 6) is 0.631. The van der Waals surface area contributed by atoms with E-state index in [0.29, 0.717) is 25.3 Å². The summed E-state index contributed by atoms with van der Waals surface area (Å²) < 4.78 is 2.17. The largest absolute Gasteiger partial charge is 0.349 e. The maximum absolute atomic E-state index is 12.6. The van der Waals surface area contributed by atoms with E-state index in [1.165, 1.54) is 0 Å². The van der Waals surface area contributed by atoms with Crippen LogP contribution in [0.25, 0.3) is 0 Å². The van der Waals surface area contributed by atoms with E-state index in [2.05, 4.69) is 16.4 Å². The van der Waals surface area contributed by atoms with Crippen LogP contribution in [-0.4, -0.2) is 40.7 Å². The number of likely N-dealkylation sites (tertiary alicyclic amines) is 1.